The number of hydrogen-bond acceptors (Lipinski definition) is 5. The lowest BCUT2D eigenvalue weighted by Crippen LogP contribution is -2.35. The Bertz CT molecular complexity index is 878. The maximum atomic E-state index is 12.1. The lowest BCUT2D eigenvalue weighted by Gasteiger charge is -2.28. The van der Waals surface area contributed by atoms with Gasteiger partial charge in [0.15, 0.2) is 16.3 Å². The van der Waals surface area contributed by atoms with E-state index in [2.05, 4.69) is 14.9 Å². The molecule has 0 spiro atoms. The summed E-state index contributed by atoms with van der Waals surface area (Å²) in [6.07, 6.45) is 0.739. The predicted octanol–water partition coefficient (Wildman–Crippen LogP) is 2.66. The molecule has 0 saturated carbocycles. The Morgan fingerprint density at radius 1 is 1.29 bits per heavy atom. The quantitative estimate of drug-likeness (QED) is 0.813. The van der Waals surface area contributed by atoms with Crippen LogP contribution in [0, 0.1) is 4.77 Å². The minimum Gasteiger partial charge on any atom is -0.493 e. The summed E-state index contributed by atoms with van der Waals surface area (Å²) in [4.78, 5) is 20.0. The lowest BCUT2D eigenvalue weighted by atomic mass is 10.1. The van der Waals surface area contributed by atoms with Gasteiger partial charge in [-0.2, -0.15) is 0 Å². The van der Waals surface area contributed by atoms with Gasteiger partial charge < -0.3 is 14.5 Å². The Hall–Kier alpha value is -1.83. The van der Waals surface area contributed by atoms with Crippen molar-refractivity contribution in [3.63, 3.8) is 0 Å². The maximum absolute atomic E-state index is 12.1. The molecule has 0 fully saturated rings. The zero-order valence-corrected chi connectivity index (χ0v) is 15.0. The van der Waals surface area contributed by atoms with Crippen LogP contribution in [0.4, 0.5) is 0 Å². The minimum absolute atomic E-state index is 0.130. The number of nitrogens with one attached hydrogen (secondary N) is 2. The summed E-state index contributed by atoms with van der Waals surface area (Å²) < 4.78 is 11.2. The lowest BCUT2D eigenvalue weighted by molar-refractivity contribution is 0.236. The first-order valence-corrected chi connectivity index (χ1v) is 8.27. The van der Waals surface area contributed by atoms with Gasteiger partial charge in [-0.15, -0.1) is 0 Å². The second kappa shape index (κ2) is 6.96. The number of rotatable bonds is 4. The third kappa shape index (κ3) is 3.33. The van der Waals surface area contributed by atoms with Gasteiger partial charge in [0, 0.05) is 48.4 Å². The van der Waals surface area contributed by atoms with Crippen LogP contribution in [-0.4, -0.2) is 35.6 Å². The highest BCUT2D eigenvalue weighted by Gasteiger charge is 2.22. The number of benzene rings is 1. The molecule has 2 N–H and O–H groups in total. The number of fused-ring (bicyclic) bond motifs is 1. The van der Waals surface area contributed by atoms with Crippen LogP contribution in [0.25, 0.3) is 0 Å². The van der Waals surface area contributed by atoms with Gasteiger partial charge in [-0.3, -0.25) is 14.7 Å². The molecule has 1 aliphatic rings. The molecule has 0 amide bonds. The van der Waals surface area contributed by atoms with Crippen molar-refractivity contribution < 1.29 is 9.47 Å². The predicted molar refractivity (Wildman–Crippen MR) is 94.6 cm³/mol. The van der Waals surface area contributed by atoms with Crippen LogP contribution in [0.1, 0.15) is 16.8 Å². The Kier molecular flexibility index (Phi) is 4.93. The van der Waals surface area contributed by atoms with Crippen LogP contribution < -0.4 is 15.0 Å². The highest BCUT2D eigenvalue weighted by molar-refractivity contribution is 7.71. The van der Waals surface area contributed by atoms with E-state index in [4.69, 9.17) is 33.3 Å². The molecular formula is C16H18ClN3O3S. The van der Waals surface area contributed by atoms with Crippen LogP contribution in [0.5, 0.6) is 11.5 Å². The van der Waals surface area contributed by atoms with Crippen molar-refractivity contribution in [3.8, 4) is 11.5 Å². The molecule has 128 valence electrons. The smallest absolute Gasteiger partial charge is 0.256 e. The summed E-state index contributed by atoms with van der Waals surface area (Å²) >= 11 is 11.2. The molecule has 0 saturated heterocycles. The number of halogens is 1. The van der Waals surface area contributed by atoms with Crippen molar-refractivity contribution in [1.29, 1.82) is 0 Å². The molecule has 0 bridgehead atoms. The normalized spacial score (nSPS) is 14.3. The second-order valence-electron chi connectivity index (χ2n) is 5.63. The number of H-pyrrole nitrogens is 2. The number of nitrogens with zero attached hydrogens (tertiary/aromatic N) is 1. The highest BCUT2D eigenvalue weighted by atomic mass is 35.5. The molecule has 6 nitrogen and oxygen atoms in total. The fourth-order valence-electron chi connectivity index (χ4n) is 3.01. The largest absolute Gasteiger partial charge is 0.493 e. The summed E-state index contributed by atoms with van der Waals surface area (Å²) in [6.45, 7) is 1.95. The van der Waals surface area contributed by atoms with Gasteiger partial charge in [0.1, 0.15) is 0 Å². The average molecular weight is 368 g/mol. The van der Waals surface area contributed by atoms with E-state index in [1.54, 1.807) is 20.3 Å². The Morgan fingerprint density at radius 2 is 2.08 bits per heavy atom. The number of hydrogen-bond donors (Lipinski definition) is 2. The van der Waals surface area contributed by atoms with Gasteiger partial charge in [-0.1, -0.05) is 11.6 Å². The molecule has 2 heterocycles. The van der Waals surface area contributed by atoms with Crippen molar-refractivity contribution in [3.05, 3.63) is 49.1 Å². The molecular weight excluding hydrogens is 350 g/mol. The molecule has 0 unspecified atom stereocenters. The maximum Gasteiger partial charge on any atom is 0.256 e. The average Bonchev–Trinajstić information content (AvgIpc) is 2.54. The van der Waals surface area contributed by atoms with E-state index in [-0.39, 0.29) is 5.56 Å². The molecule has 0 radical (unpaired) electrons. The number of aromatic nitrogens is 2. The van der Waals surface area contributed by atoms with Gasteiger partial charge >= 0.3 is 0 Å². The number of ether oxygens (including phenoxy) is 2. The van der Waals surface area contributed by atoms with Crippen LogP contribution in [0.3, 0.4) is 0 Å². The second-order valence-corrected chi connectivity index (χ2v) is 6.47. The summed E-state index contributed by atoms with van der Waals surface area (Å²) in [5, 5.41) is 0.585. The SMILES string of the molecule is COc1cc(Cl)cc(CN2CCc3[nH]c(=S)[nH]c(=O)c3C2)c1OC. The Morgan fingerprint density at radius 3 is 2.79 bits per heavy atom. The van der Waals surface area contributed by atoms with E-state index in [1.165, 1.54) is 0 Å². The van der Waals surface area contributed by atoms with E-state index < -0.39 is 0 Å². The first-order chi connectivity index (χ1) is 11.5. The molecule has 24 heavy (non-hydrogen) atoms. The topological polar surface area (TPSA) is 70.3 Å². The van der Waals surface area contributed by atoms with Crippen LogP contribution in [0.2, 0.25) is 5.02 Å². The zero-order chi connectivity index (χ0) is 17.3. The van der Waals surface area contributed by atoms with Crippen LogP contribution >= 0.6 is 23.8 Å². The third-order valence-electron chi connectivity index (χ3n) is 4.10. The fourth-order valence-corrected chi connectivity index (χ4v) is 3.46. The third-order valence-corrected chi connectivity index (χ3v) is 4.53. The minimum atomic E-state index is -0.130. The van der Waals surface area contributed by atoms with Gasteiger partial charge in [0.05, 0.1) is 19.8 Å². The van der Waals surface area contributed by atoms with Crippen molar-refractivity contribution in [2.75, 3.05) is 20.8 Å². The van der Waals surface area contributed by atoms with Gasteiger partial charge in [0.25, 0.3) is 5.56 Å². The van der Waals surface area contributed by atoms with Gasteiger partial charge in [0.2, 0.25) is 0 Å². The first kappa shape index (κ1) is 17.0. The summed E-state index contributed by atoms with van der Waals surface area (Å²) in [6, 6.07) is 3.58. The first-order valence-electron chi connectivity index (χ1n) is 7.49. The van der Waals surface area contributed by atoms with Crippen molar-refractivity contribution in [2.45, 2.75) is 19.5 Å². The van der Waals surface area contributed by atoms with Crippen LogP contribution in [-0.2, 0) is 19.5 Å². The van der Waals surface area contributed by atoms with Crippen molar-refractivity contribution in [1.82, 2.24) is 14.9 Å². The van der Waals surface area contributed by atoms with E-state index in [0.29, 0.717) is 34.4 Å². The van der Waals surface area contributed by atoms with Gasteiger partial charge in [-0.05, 0) is 18.3 Å². The number of aromatic amines is 2. The zero-order valence-electron chi connectivity index (χ0n) is 13.4. The molecule has 1 aliphatic heterocycles. The molecule has 0 atom stereocenters. The summed E-state index contributed by atoms with van der Waals surface area (Å²) in [7, 11) is 3.18. The molecule has 8 heteroatoms. The fraction of sp³-hybridized carbons (Fsp3) is 0.375. The highest BCUT2D eigenvalue weighted by Crippen LogP contribution is 2.35. The summed E-state index contributed by atoms with van der Waals surface area (Å²) in [5.41, 5.74) is 2.43. The van der Waals surface area contributed by atoms with E-state index >= 15 is 0 Å². The van der Waals surface area contributed by atoms with Gasteiger partial charge in [-0.25, -0.2) is 0 Å². The standard InChI is InChI=1S/C16H18ClN3O3S/c1-22-13-6-10(17)5-9(14(13)23-2)7-20-4-3-12-11(8-20)15(21)19-16(24)18-12/h5-6H,3-4,7-8H2,1-2H3,(H2,18,19,21,24). The van der Waals surface area contributed by atoms with E-state index in [1.807, 2.05) is 6.07 Å². The van der Waals surface area contributed by atoms with Crippen molar-refractivity contribution in [2.24, 2.45) is 0 Å². The Labute approximate surface area is 149 Å². The Balaban J connectivity index is 1.89. The summed E-state index contributed by atoms with van der Waals surface area (Å²) in [5.74, 6) is 1.26. The monoisotopic (exact) mass is 367 g/mol. The number of methoxy groups -OCH3 is 2. The van der Waals surface area contributed by atoms with Crippen molar-refractivity contribution >= 4 is 23.8 Å². The molecule has 3 rings (SSSR count). The molecule has 1 aromatic heterocycles. The molecule has 1 aromatic carbocycles. The van der Waals surface area contributed by atoms with Crippen LogP contribution in [0.15, 0.2) is 16.9 Å². The van der Waals surface area contributed by atoms with E-state index in [9.17, 15) is 4.79 Å². The molecule has 2 aromatic rings. The molecule has 0 aliphatic carbocycles. The van der Waals surface area contributed by atoms with E-state index in [0.717, 1.165) is 29.8 Å².